The van der Waals surface area contributed by atoms with E-state index in [1.54, 1.807) is 0 Å². The number of imide groups is 1. The van der Waals surface area contributed by atoms with Crippen molar-refractivity contribution in [2.75, 3.05) is 6.54 Å². The third-order valence-corrected chi connectivity index (χ3v) is 2.73. The van der Waals surface area contributed by atoms with Crippen LogP contribution in [0.2, 0.25) is 0 Å². The van der Waals surface area contributed by atoms with Gasteiger partial charge in [0.25, 0.3) is 0 Å². The SMILES string of the molecule is Cc1cc(C)n(CCCNC(=O)NC(=O)C(C)Cl)n1. The second kappa shape index (κ2) is 7.13. The number of halogens is 1. The molecule has 0 aliphatic heterocycles. The molecule has 0 fully saturated rings. The second-order valence-corrected chi connectivity index (χ2v) is 5.02. The van der Waals surface area contributed by atoms with Gasteiger partial charge in [-0.25, -0.2) is 4.79 Å². The maximum Gasteiger partial charge on any atom is 0.321 e. The Bertz CT molecular complexity index is 457. The third-order valence-electron chi connectivity index (χ3n) is 2.53. The smallest absolute Gasteiger partial charge is 0.321 e. The summed E-state index contributed by atoms with van der Waals surface area (Å²) < 4.78 is 1.89. The summed E-state index contributed by atoms with van der Waals surface area (Å²) in [6.07, 6.45) is 0.736. The van der Waals surface area contributed by atoms with Crippen molar-refractivity contribution in [3.05, 3.63) is 17.5 Å². The number of aryl methyl sites for hydroxylation is 3. The van der Waals surface area contributed by atoms with Crippen LogP contribution >= 0.6 is 11.6 Å². The van der Waals surface area contributed by atoms with Gasteiger partial charge in [0.15, 0.2) is 0 Å². The fourth-order valence-electron chi connectivity index (χ4n) is 1.59. The van der Waals surface area contributed by atoms with Crippen molar-refractivity contribution in [1.29, 1.82) is 0 Å². The van der Waals surface area contributed by atoms with Crippen molar-refractivity contribution in [3.63, 3.8) is 0 Å². The zero-order valence-corrected chi connectivity index (χ0v) is 12.1. The van der Waals surface area contributed by atoms with Gasteiger partial charge in [0, 0.05) is 18.8 Å². The van der Waals surface area contributed by atoms with Gasteiger partial charge in [-0.15, -0.1) is 11.6 Å². The highest BCUT2D eigenvalue weighted by atomic mass is 35.5. The lowest BCUT2D eigenvalue weighted by molar-refractivity contribution is -0.119. The van der Waals surface area contributed by atoms with Crippen molar-refractivity contribution in [3.8, 4) is 0 Å². The Kier molecular flexibility index (Phi) is 5.82. The molecule has 1 aromatic heterocycles. The van der Waals surface area contributed by atoms with Crippen LogP contribution in [0.1, 0.15) is 24.7 Å². The molecule has 6 nitrogen and oxygen atoms in total. The van der Waals surface area contributed by atoms with Gasteiger partial charge in [-0.2, -0.15) is 5.10 Å². The lowest BCUT2D eigenvalue weighted by atomic mass is 10.4. The Hall–Kier alpha value is -1.56. The molecule has 1 heterocycles. The summed E-state index contributed by atoms with van der Waals surface area (Å²) in [6, 6.07) is 1.48. The van der Waals surface area contributed by atoms with Gasteiger partial charge in [-0.1, -0.05) is 0 Å². The number of nitrogens with zero attached hydrogens (tertiary/aromatic N) is 2. The molecule has 0 saturated carbocycles. The zero-order valence-electron chi connectivity index (χ0n) is 11.4. The van der Waals surface area contributed by atoms with Crippen molar-refractivity contribution >= 4 is 23.5 Å². The Labute approximate surface area is 117 Å². The van der Waals surface area contributed by atoms with E-state index >= 15 is 0 Å². The van der Waals surface area contributed by atoms with Crippen LogP contribution in [0.5, 0.6) is 0 Å². The van der Waals surface area contributed by atoms with E-state index in [2.05, 4.69) is 15.7 Å². The average molecular weight is 287 g/mol. The first-order chi connectivity index (χ1) is 8.90. The van der Waals surface area contributed by atoms with Crippen LogP contribution in [-0.2, 0) is 11.3 Å². The molecule has 1 unspecified atom stereocenters. The summed E-state index contributed by atoms with van der Waals surface area (Å²) in [7, 11) is 0. The van der Waals surface area contributed by atoms with E-state index in [1.165, 1.54) is 6.92 Å². The molecular formula is C12H19ClN4O2. The molecule has 7 heteroatoms. The molecule has 0 saturated heterocycles. The molecule has 2 N–H and O–H groups in total. The van der Waals surface area contributed by atoms with Crippen LogP contribution in [-0.4, -0.2) is 33.6 Å². The second-order valence-electron chi connectivity index (χ2n) is 4.36. The highest BCUT2D eigenvalue weighted by Crippen LogP contribution is 2.02. The molecule has 1 aromatic rings. The minimum atomic E-state index is -0.722. The number of nitrogens with one attached hydrogen (secondary N) is 2. The van der Waals surface area contributed by atoms with Crippen molar-refractivity contribution in [1.82, 2.24) is 20.4 Å². The topological polar surface area (TPSA) is 76.0 Å². The van der Waals surface area contributed by atoms with Crippen LogP contribution in [0.4, 0.5) is 4.79 Å². The fraction of sp³-hybridized carbons (Fsp3) is 0.583. The van der Waals surface area contributed by atoms with Gasteiger partial charge in [-0.3, -0.25) is 14.8 Å². The molecule has 0 aliphatic carbocycles. The molecule has 0 aliphatic rings. The Morgan fingerprint density at radius 2 is 2.16 bits per heavy atom. The molecule has 19 heavy (non-hydrogen) atoms. The predicted molar refractivity (Wildman–Crippen MR) is 73.2 cm³/mol. The molecular weight excluding hydrogens is 268 g/mol. The molecule has 1 rings (SSSR count). The minimum Gasteiger partial charge on any atom is -0.338 e. The summed E-state index contributed by atoms with van der Waals surface area (Å²) in [5.74, 6) is -0.502. The van der Waals surface area contributed by atoms with Crippen LogP contribution < -0.4 is 10.6 Å². The summed E-state index contributed by atoms with van der Waals surface area (Å²) in [4.78, 5) is 22.5. The molecule has 0 bridgehead atoms. The zero-order chi connectivity index (χ0) is 14.4. The maximum atomic E-state index is 11.3. The maximum absolute atomic E-state index is 11.3. The van der Waals surface area contributed by atoms with E-state index in [0.29, 0.717) is 6.54 Å². The van der Waals surface area contributed by atoms with Crippen LogP contribution in [0.15, 0.2) is 6.07 Å². The van der Waals surface area contributed by atoms with Crippen molar-refractivity contribution in [2.45, 2.75) is 39.1 Å². The van der Waals surface area contributed by atoms with Gasteiger partial charge in [0.1, 0.15) is 5.38 Å². The summed E-state index contributed by atoms with van der Waals surface area (Å²) in [5, 5.41) is 8.34. The van der Waals surface area contributed by atoms with Crippen LogP contribution in [0, 0.1) is 13.8 Å². The van der Waals surface area contributed by atoms with E-state index in [9.17, 15) is 9.59 Å². The predicted octanol–water partition coefficient (Wildman–Crippen LogP) is 1.34. The Morgan fingerprint density at radius 1 is 1.47 bits per heavy atom. The summed E-state index contributed by atoms with van der Waals surface area (Å²) in [5.41, 5.74) is 2.07. The van der Waals surface area contributed by atoms with E-state index in [0.717, 1.165) is 24.4 Å². The van der Waals surface area contributed by atoms with E-state index in [-0.39, 0.29) is 0 Å². The van der Waals surface area contributed by atoms with E-state index in [4.69, 9.17) is 11.6 Å². The fourth-order valence-corrected chi connectivity index (χ4v) is 1.64. The molecule has 0 aromatic carbocycles. The molecule has 0 radical (unpaired) electrons. The first-order valence-electron chi connectivity index (χ1n) is 6.14. The number of urea groups is 1. The summed E-state index contributed by atoms with van der Waals surface area (Å²) in [6.45, 7) is 6.62. The molecule has 106 valence electrons. The number of hydrogen-bond donors (Lipinski definition) is 2. The largest absolute Gasteiger partial charge is 0.338 e. The number of alkyl halides is 1. The summed E-state index contributed by atoms with van der Waals surface area (Å²) >= 11 is 5.53. The number of hydrogen-bond acceptors (Lipinski definition) is 3. The average Bonchev–Trinajstić information content (AvgIpc) is 2.63. The van der Waals surface area contributed by atoms with Gasteiger partial charge in [0.05, 0.1) is 5.69 Å². The highest BCUT2D eigenvalue weighted by Gasteiger charge is 2.12. The monoisotopic (exact) mass is 286 g/mol. The lowest BCUT2D eigenvalue weighted by Gasteiger charge is -2.08. The van der Waals surface area contributed by atoms with Gasteiger partial charge in [0.2, 0.25) is 5.91 Å². The Morgan fingerprint density at radius 3 is 2.68 bits per heavy atom. The van der Waals surface area contributed by atoms with Crippen molar-refractivity contribution < 1.29 is 9.59 Å². The molecule has 1 atom stereocenters. The van der Waals surface area contributed by atoms with Gasteiger partial charge < -0.3 is 5.32 Å². The van der Waals surface area contributed by atoms with Crippen LogP contribution in [0.25, 0.3) is 0 Å². The van der Waals surface area contributed by atoms with Crippen molar-refractivity contribution in [2.24, 2.45) is 0 Å². The first-order valence-corrected chi connectivity index (χ1v) is 6.57. The highest BCUT2D eigenvalue weighted by molar-refractivity contribution is 6.31. The first kappa shape index (κ1) is 15.5. The number of rotatable bonds is 5. The van der Waals surface area contributed by atoms with Gasteiger partial charge >= 0.3 is 6.03 Å². The lowest BCUT2D eigenvalue weighted by Crippen LogP contribution is -2.42. The minimum absolute atomic E-state index is 0.466. The number of aromatic nitrogens is 2. The molecule has 0 spiro atoms. The number of carbonyl (C=O) groups is 2. The van der Waals surface area contributed by atoms with E-state index < -0.39 is 17.3 Å². The number of amides is 3. The van der Waals surface area contributed by atoms with Gasteiger partial charge in [-0.05, 0) is 33.3 Å². The number of carbonyl (C=O) groups excluding carboxylic acids is 2. The normalized spacial score (nSPS) is 12.0. The van der Waals surface area contributed by atoms with Crippen LogP contribution in [0.3, 0.4) is 0 Å². The molecule has 3 amide bonds. The Balaban J connectivity index is 2.22. The van der Waals surface area contributed by atoms with E-state index in [1.807, 2.05) is 24.6 Å². The third kappa shape index (κ3) is 5.30. The quantitative estimate of drug-likeness (QED) is 0.633. The standard InChI is InChI=1S/C12H19ClN4O2/c1-8-7-9(2)17(16-8)6-4-5-14-12(19)15-11(18)10(3)13/h7,10H,4-6H2,1-3H3,(H2,14,15,18,19).